The molecule has 0 aliphatic heterocycles. The van der Waals surface area contributed by atoms with Gasteiger partial charge in [0.1, 0.15) is 5.75 Å². The van der Waals surface area contributed by atoms with Crippen molar-refractivity contribution in [3.63, 3.8) is 0 Å². The second kappa shape index (κ2) is 8.02. The van der Waals surface area contributed by atoms with Crippen molar-refractivity contribution in [2.75, 3.05) is 13.2 Å². The Kier molecular flexibility index (Phi) is 6.04. The Morgan fingerprint density at radius 2 is 2.10 bits per heavy atom. The molecule has 0 fully saturated rings. The average molecular weight is 326 g/mol. The highest BCUT2D eigenvalue weighted by Gasteiger charge is 2.09. The molecule has 1 aromatic heterocycles. The Morgan fingerprint density at radius 1 is 1.33 bits per heavy atom. The number of aliphatic hydroxyl groups is 1. The molecule has 0 aliphatic carbocycles. The highest BCUT2D eigenvalue weighted by Crippen LogP contribution is 2.16. The number of amides is 1. The molecule has 2 aromatic rings. The smallest absolute Gasteiger partial charge is 0.223 e. The largest absolute Gasteiger partial charge is 0.493 e. The number of ether oxygens (including phenoxy) is 1. The minimum Gasteiger partial charge on any atom is -0.493 e. The van der Waals surface area contributed by atoms with Crippen LogP contribution < -0.4 is 10.1 Å². The molecule has 21 heavy (non-hydrogen) atoms. The van der Waals surface area contributed by atoms with Crippen molar-refractivity contribution >= 4 is 28.8 Å². The fraction of sp³-hybridized carbons (Fsp3) is 0.267. The van der Waals surface area contributed by atoms with Crippen LogP contribution in [0.25, 0.3) is 0 Å². The van der Waals surface area contributed by atoms with E-state index >= 15 is 0 Å². The van der Waals surface area contributed by atoms with Crippen molar-refractivity contribution in [1.82, 2.24) is 5.32 Å². The fourth-order valence-electron chi connectivity index (χ4n) is 1.67. The van der Waals surface area contributed by atoms with Crippen molar-refractivity contribution in [2.45, 2.75) is 12.5 Å². The average Bonchev–Trinajstić information content (AvgIpc) is 3.01. The summed E-state index contributed by atoms with van der Waals surface area (Å²) in [6.07, 6.45) is -0.434. The molecule has 1 atom stereocenters. The zero-order chi connectivity index (χ0) is 15.1. The molecular weight excluding hydrogens is 310 g/mol. The highest BCUT2D eigenvalue weighted by molar-refractivity contribution is 7.07. The van der Waals surface area contributed by atoms with Gasteiger partial charge in [0, 0.05) is 11.6 Å². The number of thiophene rings is 1. The number of halogens is 1. The SMILES string of the molecule is O=C(CCOc1ccc(Cl)cc1)NCC(O)c1ccsc1. The van der Waals surface area contributed by atoms with Gasteiger partial charge in [-0.2, -0.15) is 11.3 Å². The van der Waals surface area contributed by atoms with Crippen LogP contribution in [0, 0.1) is 0 Å². The fourth-order valence-corrected chi connectivity index (χ4v) is 2.51. The summed E-state index contributed by atoms with van der Waals surface area (Å²) < 4.78 is 5.43. The monoisotopic (exact) mass is 325 g/mol. The van der Waals surface area contributed by atoms with E-state index in [1.54, 1.807) is 24.3 Å². The van der Waals surface area contributed by atoms with Crippen LogP contribution in [0.15, 0.2) is 41.1 Å². The lowest BCUT2D eigenvalue weighted by atomic mass is 10.2. The first-order valence-corrected chi connectivity index (χ1v) is 7.82. The topological polar surface area (TPSA) is 58.6 Å². The molecule has 1 heterocycles. The lowest BCUT2D eigenvalue weighted by Gasteiger charge is -2.11. The third kappa shape index (κ3) is 5.38. The lowest BCUT2D eigenvalue weighted by Crippen LogP contribution is -2.29. The molecule has 0 aliphatic rings. The molecule has 1 unspecified atom stereocenters. The molecule has 1 aromatic carbocycles. The van der Waals surface area contributed by atoms with Crippen LogP contribution in [-0.2, 0) is 4.79 Å². The van der Waals surface area contributed by atoms with Gasteiger partial charge in [0.2, 0.25) is 5.91 Å². The molecule has 2 N–H and O–H groups in total. The van der Waals surface area contributed by atoms with Crippen molar-refractivity contribution in [2.24, 2.45) is 0 Å². The van der Waals surface area contributed by atoms with Gasteiger partial charge in [-0.05, 0) is 46.7 Å². The number of carbonyl (C=O) groups is 1. The Labute approximate surface area is 132 Å². The predicted molar refractivity (Wildman–Crippen MR) is 83.9 cm³/mol. The minimum absolute atomic E-state index is 0.154. The predicted octanol–water partition coefficient (Wildman–Crippen LogP) is 3.02. The Morgan fingerprint density at radius 3 is 2.76 bits per heavy atom. The van der Waals surface area contributed by atoms with E-state index in [0.717, 1.165) is 5.56 Å². The summed E-state index contributed by atoms with van der Waals surface area (Å²) >= 11 is 7.28. The normalized spacial score (nSPS) is 11.9. The number of carbonyl (C=O) groups excluding carboxylic acids is 1. The highest BCUT2D eigenvalue weighted by atomic mass is 35.5. The molecule has 0 spiro atoms. The van der Waals surface area contributed by atoms with Crippen molar-refractivity contribution in [3.05, 3.63) is 51.7 Å². The van der Waals surface area contributed by atoms with Crippen LogP contribution in [0.4, 0.5) is 0 Å². The number of hydrogen-bond donors (Lipinski definition) is 2. The molecule has 0 saturated carbocycles. The summed E-state index contributed by atoms with van der Waals surface area (Å²) in [5.74, 6) is 0.517. The van der Waals surface area contributed by atoms with E-state index in [1.165, 1.54) is 11.3 Å². The Balaban J connectivity index is 1.64. The molecule has 6 heteroatoms. The molecule has 0 saturated heterocycles. The van der Waals surface area contributed by atoms with Gasteiger partial charge in [0.15, 0.2) is 0 Å². The first-order chi connectivity index (χ1) is 10.1. The standard InChI is InChI=1S/C15H16ClNO3S/c16-12-1-3-13(4-2-12)20-7-5-15(19)17-9-14(18)11-6-8-21-10-11/h1-4,6,8,10,14,18H,5,7,9H2,(H,17,19). The van der Waals surface area contributed by atoms with Crippen LogP contribution in [0.3, 0.4) is 0 Å². The molecule has 2 rings (SSSR count). The number of nitrogens with one attached hydrogen (secondary N) is 1. The van der Waals surface area contributed by atoms with Crippen molar-refractivity contribution < 1.29 is 14.6 Å². The van der Waals surface area contributed by atoms with Crippen LogP contribution in [0.2, 0.25) is 5.02 Å². The van der Waals surface area contributed by atoms with Gasteiger partial charge >= 0.3 is 0 Å². The molecule has 112 valence electrons. The van der Waals surface area contributed by atoms with Gasteiger partial charge < -0.3 is 15.2 Å². The third-order valence-electron chi connectivity index (χ3n) is 2.83. The quantitative estimate of drug-likeness (QED) is 0.822. The first kappa shape index (κ1) is 15.8. The van der Waals surface area contributed by atoms with Crippen molar-refractivity contribution in [3.8, 4) is 5.75 Å². The summed E-state index contributed by atoms with van der Waals surface area (Å²) in [5.41, 5.74) is 0.817. The number of rotatable bonds is 7. The maximum absolute atomic E-state index is 11.6. The van der Waals surface area contributed by atoms with E-state index in [9.17, 15) is 9.90 Å². The van der Waals surface area contributed by atoms with Crippen LogP contribution >= 0.6 is 22.9 Å². The number of benzene rings is 1. The second-order valence-electron chi connectivity index (χ2n) is 4.43. The maximum Gasteiger partial charge on any atom is 0.223 e. The van der Waals surface area contributed by atoms with E-state index < -0.39 is 6.10 Å². The van der Waals surface area contributed by atoms with E-state index in [1.807, 2.05) is 16.8 Å². The van der Waals surface area contributed by atoms with Gasteiger partial charge in [0.25, 0.3) is 0 Å². The van der Waals surface area contributed by atoms with E-state index in [-0.39, 0.29) is 25.5 Å². The number of hydrogen-bond acceptors (Lipinski definition) is 4. The Hall–Kier alpha value is -1.56. The van der Waals surface area contributed by atoms with Gasteiger partial charge in [-0.3, -0.25) is 4.79 Å². The Bertz CT molecular complexity index is 557. The summed E-state index contributed by atoms with van der Waals surface area (Å²) in [6.45, 7) is 0.485. The van der Waals surface area contributed by atoms with Gasteiger partial charge in [0.05, 0.1) is 19.1 Å². The van der Waals surface area contributed by atoms with E-state index in [4.69, 9.17) is 16.3 Å². The zero-order valence-electron chi connectivity index (χ0n) is 11.3. The summed E-state index contributed by atoms with van der Waals surface area (Å²) in [4.78, 5) is 11.6. The molecule has 4 nitrogen and oxygen atoms in total. The third-order valence-corrected chi connectivity index (χ3v) is 3.79. The number of aliphatic hydroxyl groups excluding tert-OH is 1. The van der Waals surface area contributed by atoms with Crippen LogP contribution in [0.5, 0.6) is 5.75 Å². The molecule has 1 amide bonds. The first-order valence-electron chi connectivity index (χ1n) is 6.50. The van der Waals surface area contributed by atoms with Gasteiger partial charge in [-0.15, -0.1) is 0 Å². The molecular formula is C15H16ClNO3S. The molecule has 0 bridgehead atoms. The second-order valence-corrected chi connectivity index (χ2v) is 5.65. The van der Waals surface area contributed by atoms with Crippen molar-refractivity contribution in [1.29, 1.82) is 0 Å². The lowest BCUT2D eigenvalue weighted by molar-refractivity contribution is -0.122. The van der Waals surface area contributed by atoms with E-state index in [2.05, 4.69) is 5.32 Å². The van der Waals surface area contributed by atoms with E-state index in [0.29, 0.717) is 10.8 Å². The van der Waals surface area contributed by atoms with Crippen LogP contribution in [0.1, 0.15) is 18.1 Å². The summed E-state index contributed by atoms with van der Waals surface area (Å²) in [7, 11) is 0. The zero-order valence-corrected chi connectivity index (χ0v) is 12.9. The summed E-state index contributed by atoms with van der Waals surface area (Å²) in [5, 5.41) is 16.9. The summed E-state index contributed by atoms with van der Waals surface area (Å²) in [6, 6.07) is 8.80. The van der Waals surface area contributed by atoms with Gasteiger partial charge in [-0.1, -0.05) is 11.6 Å². The maximum atomic E-state index is 11.6. The van der Waals surface area contributed by atoms with Crippen LogP contribution in [-0.4, -0.2) is 24.2 Å². The minimum atomic E-state index is -0.669. The molecule has 0 radical (unpaired) electrons. The van der Waals surface area contributed by atoms with Gasteiger partial charge in [-0.25, -0.2) is 0 Å².